The second-order valence-electron chi connectivity index (χ2n) is 5.27. The second kappa shape index (κ2) is 5.57. The average molecular weight is 261 g/mol. The monoisotopic (exact) mass is 261 g/mol. The number of fused-ring (bicyclic) bond motifs is 1. The Kier molecular flexibility index (Phi) is 4.04. The molecule has 5 nitrogen and oxygen atoms in total. The van der Waals surface area contributed by atoms with Crippen LogP contribution >= 0.6 is 0 Å². The molecule has 0 aromatic carbocycles. The number of anilines is 1. The minimum atomic E-state index is 0.409. The molecule has 0 unspecified atom stereocenters. The van der Waals surface area contributed by atoms with Gasteiger partial charge in [0.2, 0.25) is 0 Å². The van der Waals surface area contributed by atoms with Crippen LogP contribution in [0.4, 0.5) is 5.82 Å². The molecule has 0 amide bonds. The predicted octanol–water partition coefficient (Wildman–Crippen LogP) is 2.72. The van der Waals surface area contributed by atoms with Gasteiger partial charge in [-0.15, -0.1) is 0 Å². The Morgan fingerprint density at radius 3 is 2.74 bits per heavy atom. The first-order valence-electron chi connectivity index (χ1n) is 6.91. The Bertz CT molecular complexity index is 571. The Hall–Kier alpha value is -1.62. The van der Waals surface area contributed by atoms with E-state index < -0.39 is 0 Å². The molecule has 0 bridgehead atoms. The quantitative estimate of drug-likeness (QED) is 0.641. The van der Waals surface area contributed by atoms with Gasteiger partial charge in [-0.3, -0.25) is 4.68 Å². The van der Waals surface area contributed by atoms with E-state index in [1.807, 2.05) is 17.8 Å². The fourth-order valence-electron chi connectivity index (χ4n) is 2.40. The summed E-state index contributed by atoms with van der Waals surface area (Å²) in [6, 6.07) is 2.01. The largest absolute Gasteiger partial charge is 0.308 e. The lowest BCUT2D eigenvalue weighted by Crippen LogP contribution is -2.10. The summed E-state index contributed by atoms with van der Waals surface area (Å²) >= 11 is 0. The van der Waals surface area contributed by atoms with Crippen molar-refractivity contribution < 1.29 is 0 Å². The number of nitrogens with one attached hydrogen (secondary N) is 1. The molecule has 0 aliphatic heterocycles. The third kappa shape index (κ3) is 2.56. The normalized spacial score (nSPS) is 11.5. The van der Waals surface area contributed by atoms with Gasteiger partial charge in [-0.05, 0) is 30.4 Å². The van der Waals surface area contributed by atoms with Crippen molar-refractivity contribution in [2.45, 2.75) is 46.0 Å². The molecule has 0 spiro atoms. The molecule has 0 saturated heterocycles. The number of rotatable bonds is 5. The summed E-state index contributed by atoms with van der Waals surface area (Å²) < 4.78 is 1.95. The molecule has 104 valence electrons. The average Bonchev–Trinajstić information content (AvgIpc) is 2.72. The highest BCUT2D eigenvalue weighted by Crippen LogP contribution is 2.28. The van der Waals surface area contributed by atoms with Crippen molar-refractivity contribution in [2.75, 3.05) is 5.43 Å². The number of aryl methyl sites for hydroxylation is 2. The van der Waals surface area contributed by atoms with Crippen LogP contribution in [0.5, 0.6) is 0 Å². The van der Waals surface area contributed by atoms with E-state index in [9.17, 15) is 0 Å². The molecule has 0 atom stereocenters. The number of hydrogen-bond acceptors (Lipinski definition) is 4. The summed E-state index contributed by atoms with van der Waals surface area (Å²) in [6.07, 6.45) is 3.25. The van der Waals surface area contributed by atoms with Gasteiger partial charge in [0, 0.05) is 7.05 Å². The third-order valence-electron chi connectivity index (χ3n) is 3.43. The van der Waals surface area contributed by atoms with Gasteiger partial charge in [0.15, 0.2) is 0 Å². The van der Waals surface area contributed by atoms with Crippen molar-refractivity contribution in [3.8, 4) is 0 Å². The second-order valence-corrected chi connectivity index (χ2v) is 5.27. The minimum absolute atomic E-state index is 0.409. The lowest BCUT2D eigenvalue weighted by molar-refractivity contribution is 0.722. The maximum Gasteiger partial charge on any atom is 0.141 e. The van der Waals surface area contributed by atoms with Gasteiger partial charge in [-0.1, -0.05) is 27.2 Å². The molecule has 0 radical (unpaired) electrons. The van der Waals surface area contributed by atoms with Crippen LogP contribution in [0.25, 0.3) is 11.0 Å². The smallest absolute Gasteiger partial charge is 0.141 e. The number of unbranched alkanes of at least 4 members (excludes halogenated alkanes) is 1. The fraction of sp³-hybridized carbons (Fsp3) is 0.571. The van der Waals surface area contributed by atoms with Crippen molar-refractivity contribution in [1.29, 1.82) is 0 Å². The van der Waals surface area contributed by atoms with Crippen LogP contribution in [0, 0.1) is 0 Å². The van der Waals surface area contributed by atoms with E-state index in [0.717, 1.165) is 36.0 Å². The molecule has 2 heterocycles. The zero-order chi connectivity index (χ0) is 14.0. The molecule has 0 saturated carbocycles. The highest BCUT2D eigenvalue weighted by Gasteiger charge is 2.16. The number of hydrazine groups is 1. The SMILES string of the molecule is CCCCc1nn(C)c2c(C(C)C)cc(NN)nc12. The van der Waals surface area contributed by atoms with Crippen LogP contribution in [0.15, 0.2) is 6.07 Å². The molecule has 2 aromatic heterocycles. The summed E-state index contributed by atoms with van der Waals surface area (Å²) in [5.41, 5.74) is 7.07. The van der Waals surface area contributed by atoms with E-state index in [1.54, 1.807) is 0 Å². The van der Waals surface area contributed by atoms with Crippen LogP contribution in [0.1, 0.15) is 50.8 Å². The molecule has 0 aliphatic carbocycles. The highest BCUT2D eigenvalue weighted by molar-refractivity contribution is 5.83. The van der Waals surface area contributed by atoms with Crippen LogP contribution in [-0.4, -0.2) is 14.8 Å². The molecule has 2 rings (SSSR count). The molecule has 0 aliphatic rings. The Morgan fingerprint density at radius 1 is 1.42 bits per heavy atom. The van der Waals surface area contributed by atoms with Crippen LogP contribution in [-0.2, 0) is 13.5 Å². The molecular formula is C14H23N5. The third-order valence-corrected chi connectivity index (χ3v) is 3.43. The minimum Gasteiger partial charge on any atom is -0.308 e. The van der Waals surface area contributed by atoms with Crippen molar-refractivity contribution in [1.82, 2.24) is 14.8 Å². The molecule has 19 heavy (non-hydrogen) atoms. The van der Waals surface area contributed by atoms with Gasteiger partial charge >= 0.3 is 0 Å². The van der Waals surface area contributed by atoms with Crippen molar-refractivity contribution in [3.63, 3.8) is 0 Å². The maximum absolute atomic E-state index is 5.53. The molecule has 2 aromatic rings. The first-order valence-corrected chi connectivity index (χ1v) is 6.91. The first kappa shape index (κ1) is 13.8. The zero-order valence-corrected chi connectivity index (χ0v) is 12.2. The molecule has 0 fully saturated rings. The summed E-state index contributed by atoms with van der Waals surface area (Å²) in [5, 5.41) is 4.63. The summed E-state index contributed by atoms with van der Waals surface area (Å²) in [4.78, 5) is 4.59. The van der Waals surface area contributed by atoms with Gasteiger partial charge in [0.25, 0.3) is 0 Å². The van der Waals surface area contributed by atoms with Gasteiger partial charge in [-0.25, -0.2) is 10.8 Å². The zero-order valence-electron chi connectivity index (χ0n) is 12.2. The number of aromatic nitrogens is 3. The highest BCUT2D eigenvalue weighted by atomic mass is 15.3. The van der Waals surface area contributed by atoms with Gasteiger partial charge in [-0.2, -0.15) is 5.10 Å². The van der Waals surface area contributed by atoms with Gasteiger partial charge in [0.05, 0.1) is 11.2 Å². The standard InChI is InChI=1S/C14H23N5/c1-5-6-7-11-13-14(19(4)18-11)10(9(2)3)8-12(16-13)17-15/h8-9H,5-7,15H2,1-4H3,(H,16,17). The van der Waals surface area contributed by atoms with Crippen molar-refractivity contribution in [2.24, 2.45) is 12.9 Å². The number of nitrogen functional groups attached to an aromatic ring is 1. The topological polar surface area (TPSA) is 68.8 Å². The van der Waals surface area contributed by atoms with Crippen LogP contribution < -0.4 is 11.3 Å². The van der Waals surface area contributed by atoms with Crippen molar-refractivity contribution in [3.05, 3.63) is 17.3 Å². The van der Waals surface area contributed by atoms with Crippen LogP contribution in [0.2, 0.25) is 0 Å². The summed E-state index contributed by atoms with van der Waals surface area (Å²) in [6.45, 7) is 6.53. The molecule has 5 heteroatoms. The Balaban J connectivity index is 2.64. The Morgan fingerprint density at radius 2 is 2.16 bits per heavy atom. The van der Waals surface area contributed by atoms with E-state index in [-0.39, 0.29) is 0 Å². The lowest BCUT2D eigenvalue weighted by Gasteiger charge is -2.10. The lowest BCUT2D eigenvalue weighted by atomic mass is 10.0. The maximum atomic E-state index is 5.53. The number of nitrogens with two attached hydrogens (primary N) is 1. The number of nitrogens with zero attached hydrogens (tertiary/aromatic N) is 3. The summed E-state index contributed by atoms with van der Waals surface area (Å²) in [7, 11) is 1.99. The van der Waals surface area contributed by atoms with Gasteiger partial charge in [0.1, 0.15) is 11.3 Å². The van der Waals surface area contributed by atoms with Crippen molar-refractivity contribution >= 4 is 16.9 Å². The van der Waals surface area contributed by atoms with E-state index in [2.05, 4.69) is 36.3 Å². The first-order chi connectivity index (χ1) is 9.08. The predicted molar refractivity (Wildman–Crippen MR) is 79.0 cm³/mol. The number of hydrogen-bond donors (Lipinski definition) is 2. The molecule has 3 N–H and O–H groups in total. The van der Waals surface area contributed by atoms with Crippen LogP contribution in [0.3, 0.4) is 0 Å². The Labute approximate surface area is 114 Å². The van der Waals surface area contributed by atoms with E-state index in [1.165, 1.54) is 5.56 Å². The van der Waals surface area contributed by atoms with E-state index in [4.69, 9.17) is 5.84 Å². The van der Waals surface area contributed by atoms with E-state index in [0.29, 0.717) is 11.7 Å². The number of pyridine rings is 1. The van der Waals surface area contributed by atoms with Gasteiger partial charge < -0.3 is 5.43 Å². The molecular weight excluding hydrogens is 238 g/mol. The fourth-order valence-corrected chi connectivity index (χ4v) is 2.40. The summed E-state index contributed by atoms with van der Waals surface area (Å²) in [5.74, 6) is 6.65. The van der Waals surface area contributed by atoms with E-state index >= 15 is 0 Å².